The van der Waals surface area contributed by atoms with Crippen molar-refractivity contribution in [3.63, 3.8) is 0 Å². The molecular weight excluding hydrogens is 338 g/mol. The van der Waals surface area contributed by atoms with Gasteiger partial charge < -0.3 is 9.80 Å². The van der Waals surface area contributed by atoms with Gasteiger partial charge in [0.15, 0.2) is 0 Å². The van der Waals surface area contributed by atoms with E-state index in [1.54, 1.807) is 0 Å². The van der Waals surface area contributed by atoms with Gasteiger partial charge in [0.05, 0.1) is 5.02 Å². The van der Waals surface area contributed by atoms with Crippen molar-refractivity contribution in [1.82, 2.24) is 9.88 Å². The van der Waals surface area contributed by atoms with Crippen LogP contribution in [0.4, 0.5) is 5.82 Å². The van der Waals surface area contributed by atoms with Crippen LogP contribution in [0.1, 0.15) is 32.1 Å². The first-order chi connectivity index (χ1) is 9.74. The second-order valence-electron chi connectivity index (χ2n) is 5.77. The average Bonchev–Trinajstić information content (AvgIpc) is 2.48. The number of rotatable bonds is 2. The smallest absolute Gasteiger partial charge is 0.147 e. The molecule has 20 heavy (non-hydrogen) atoms. The van der Waals surface area contributed by atoms with Crippen LogP contribution in [0.5, 0.6) is 0 Å². The molecule has 3 nitrogen and oxygen atoms in total. The van der Waals surface area contributed by atoms with Crippen molar-refractivity contribution < 1.29 is 0 Å². The van der Waals surface area contributed by atoms with E-state index in [9.17, 15) is 0 Å². The Labute approximate surface area is 134 Å². The minimum absolute atomic E-state index is 0.746. The lowest BCUT2D eigenvalue weighted by atomic mass is 10.00. The summed E-state index contributed by atoms with van der Waals surface area (Å²) < 4.78 is 0.939. The highest BCUT2D eigenvalue weighted by Gasteiger charge is 2.26. The lowest BCUT2D eigenvalue weighted by Gasteiger charge is -2.40. The molecule has 0 spiro atoms. The van der Waals surface area contributed by atoms with Gasteiger partial charge in [-0.1, -0.05) is 18.0 Å². The van der Waals surface area contributed by atoms with Crippen molar-refractivity contribution in [1.29, 1.82) is 0 Å². The zero-order chi connectivity index (χ0) is 13.9. The minimum Gasteiger partial charge on any atom is -0.355 e. The van der Waals surface area contributed by atoms with Crippen molar-refractivity contribution in [3.8, 4) is 0 Å². The van der Waals surface area contributed by atoms with Crippen LogP contribution in [0.2, 0.25) is 5.02 Å². The molecule has 0 N–H and O–H groups in total. The fourth-order valence-corrected chi connectivity index (χ4v) is 4.12. The van der Waals surface area contributed by atoms with Gasteiger partial charge in [-0.05, 0) is 60.8 Å². The fraction of sp³-hybridized carbons (Fsp3) is 0.667. The van der Waals surface area contributed by atoms with Crippen LogP contribution in [-0.2, 0) is 0 Å². The number of anilines is 1. The summed E-state index contributed by atoms with van der Waals surface area (Å²) in [6, 6.07) is 2.70. The molecule has 0 amide bonds. The molecule has 2 saturated heterocycles. The Morgan fingerprint density at radius 1 is 1.10 bits per heavy atom. The highest BCUT2D eigenvalue weighted by molar-refractivity contribution is 9.10. The number of likely N-dealkylation sites (tertiary alicyclic amines) is 1. The van der Waals surface area contributed by atoms with Gasteiger partial charge in [-0.15, -0.1) is 0 Å². The van der Waals surface area contributed by atoms with E-state index in [4.69, 9.17) is 11.6 Å². The summed E-state index contributed by atoms with van der Waals surface area (Å²) in [6.45, 7) is 4.72. The number of pyridine rings is 1. The molecule has 5 heteroatoms. The van der Waals surface area contributed by atoms with E-state index in [0.717, 1.165) is 34.4 Å². The molecule has 0 unspecified atom stereocenters. The van der Waals surface area contributed by atoms with Crippen LogP contribution in [0.3, 0.4) is 0 Å². The fourth-order valence-electron chi connectivity index (χ4n) is 3.37. The van der Waals surface area contributed by atoms with Crippen molar-refractivity contribution in [3.05, 3.63) is 21.8 Å². The predicted molar refractivity (Wildman–Crippen MR) is 87.6 cm³/mol. The van der Waals surface area contributed by atoms with Crippen molar-refractivity contribution in [2.75, 3.05) is 31.1 Å². The number of nitrogens with zero attached hydrogens (tertiary/aromatic N) is 3. The van der Waals surface area contributed by atoms with E-state index in [0.29, 0.717) is 0 Å². The Morgan fingerprint density at radius 3 is 2.45 bits per heavy atom. The van der Waals surface area contributed by atoms with E-state index in [1.165, 1.54) is 45.2 Å². The Bertz CT molecular complexity index is 454. The first kappa shape index (κ1) is 14.6. The molecule has 3 rings (SSSR count). The SMILES string of the molecule is Clc1cc(Br)cnc1N1CCC(N2CCCCC2)CC1. The average molecular weight is 359 g/mol. The third-order valence-electron chi connectivity index (χ3n) is 4.46. The van der Waals surface area contributed by atoms with Gasteiger partial charge >= 0.3 is 0 Å². The van der Waals surface area contributed by atoms with Gasteiger partial charge in [0.25, 0.3) is 0 Å². The molecule has 1 aromatic heterocycles. The maximum absolute atomic E-state index is 6.30. The van der Waals surface area contributed by atoms with Crippen molar-refractivity contribution in [2.45, 2.75) is 38.1 Å². The monoisotopic (exact) mass is 357 g/mol. The maximum Gasteiger partial charge on any atom is 0.147 e. The summed E-state index contributed by atoms with van der Waals surface area (Å²) in [5.41, 5.74) is 0. The molecule has 0 bridgehead atoms. The van der Waals surface area contributed by atoms with Crippen LogP contribution in [-0.4, -0.2) is 42.1 Å². The topological polar surface area (TPSA) is 19.4 Å². The molecule has 0 saturated carbocycles. The lowest BCUT2D eigenvalue weighted by molar-refractivity contribution is 0.141. The summed E-state index contributed by atoms with van der Waals surface area (Å²) in [6.07, 6.45) is 8.45. The zero-order valence-corrected chi connectivity index (χ0v) is 14.0. The molecule has 2 fully saturated rings. The van der Waals surface area contributed by atoms with Crippen LogP contribution in [0, 0.1) is 0 Å². The van der Waals surface area contributed by atoms with Crippen molar-refractivity contribution >= 4 is 33.3 Å². The van der Waals surface area contributed by atoms with Crippen molar-refractivity contribution in [2.24, 2.45) is 0 Å². The van der Waals surface area contributed by atoms with Gasteiger partial charge in [0, 0.05) is 29.8 Å². The predicted octanol–water partition coefficient (Wildman–Crippen LogP) is 3.95. The Balaban J connectivity index is 1.60. The largest absolute Gasteiger partial charge is 0.355 e. The maximum atomic E-state index is 6.30. The summed E-state index contributed by atoms with van der Waals surface area (Å²) in [5.74, 6) is 0.937. The molecule has 1 aromatic rings. The summed E-state index contributed by atoms with van der Waals surface area (Å²) >= 11 is 9.71. The van der Waals surface area contributed by atoms with Gasteiger partial charge in [0.2, 0.25) is 0 Å². The standard InChI is InChI=1S/C15H21BrClN3/c16-12-10-14(17)15(18-11-12)20-8-4-13(5-9-20)19-6-2-1-3-7-19/h10-11,13H,1-9H2. The molecule has 0 aromatic carbocycles. The molecule has 3 heterocycles. The van der Waals surface area contributed by atoms with E-state index >= 15 is 0 Å². The molecule has 0 atom stereocenters. The number of halogens is 2. The second kappa shape index (κ2) is 6.63. The second-order valence-corrected chi connectivity index (χ2v) is 7.10. The first-order valence-electron chi connectivity index (χ1n) is 7.54. The third-order valence-corrected chi connectivity index (χ3v) is 5.17. The zero-order valence-electron chi connectivity index (χ0n) is 11.7. The molecule has 0 aliphatic carbocycles. The molecular formula is C15H21BrClN3. The lowest BCUT2D eigenvalue weighted by Crippen LogP contribution is -2.47. The number of hydrogen-bond donors (Lipinski definition) is 0. The van der Waals surface area contributed by atoms with Gasteiger partial charge in [-0.2, -0.15) is 0 Å². The quantitative estimate of drug-likeness (QED) is 0.798. The Hall–Kier alpha value is -0.320. The van der Waals surface area contributed by atoms with Crippen LogP contribution in [0.25, 0.3) is 0 Å². The molecule has 0 radical (unpaired) electrons. The number of aromatic nitrogens is 1. The molecule has 2 aliphatic heterocycles. The van der Waals surface area contributed by atoms with Gasteiger partial charge in [-0.25, -0.2) is 4.98 Å². The minimum atomic E-state index is 0.746. The Kier molecular flexibility index (Phi) is 4.84. The number of piperidine rings is 2. The van der Waals surface area contributed by atoms with Gasteiger partial charge in [-0.3, -0.25) is 0 Å². The van der Waals surface area contributed by atoms with E-state index in [-0.39, 0.29) is 0 Å². The van der Waals surface area contributed by atoms with E-state index in [2.05, 4.69) is 30.7 Å². The molecule has 2 aliphatic rings. The van der Waals surface area contributed by atoms with Gasteiger partial charge in [0.1, 0.15) is 5.82 Å². The van der Waals surface area contributed by atoms with E-state index in [1.807, 2.05) is 12.3 Å². The van der Waals surface area contributed by atoms with Crippen LogP contribution in [0.15, 0.2) is 16.7 Å². The van der Waals surface area contributed by atoms with Crippen LogP contribution >= 0.6 is 27.5 Å². The highest BCUT2D eigenvalue weighted by Crippen LogP contribution is 2.29. The first-order valence-corrected chi connectivity index (χ1v) is 8.71. The summed E-state index contributed by atoms with van der Waals surface area (Å²) in [7, 11) is 0. The normalized spacial score (nSPS) is 22.2. The molecule has 110 valence electrons. The number of hydrogen-bond acceptors (Lipinski definition) is 3. The third kappa shape index (κ3) is 3.29. The summed E-state index contributed by atoms with van der Waals surface area (Å²) in [4.78, 5) is 9.49. The Morgan fingerprint density at radius 2 is 1.80 bits per heavy atom. The van der Waals surface area contributed by atoms with Crippen LogP contribution < -0.4 is 4.90 Å². The summed E-state index contributed by atoms with van der Waals surface area (Å²) in [5, 5.41) is 0.746. The highest BCUT2D eigenvalue weighted by atomic mass is 79.9. The van der Waals surface area contributed by atoms with E-state index < -0.39 is 0 Å².